The minimum Gasteiger partial charge on any atom is -0.475 e. The highest BCUT2D eigenvalue weighted by Crippen LogP contribution is 2.29. The molecule has 4 nitrogen and oxygen atoms in total. The van der Waals surface area contributed by atoms with Gasteiger partial charge in [-0.25, -0.2) is 14.8 Å². The number of nitrogens with zero attached hydrogens (tertiary/aromatic N) is 2. The van der Waals surface area contributed by atoms with E-state index in [2.05, 4.69) is 9.97 Å². The highest BCUT2D eigenvalue weighted by molar-refractivity contribution is 7.19. The highest BCUT2D eigenvalue weighted by Gasteiger charge is 2.11. The maximum Gasteiger partial charge on any atom is 0.373 e. The number of aromatic carboxylic acids is 1. The van der Waals surface area contributed by atoms with Crippen LogP contribution >= 0.6 is 22.9 Å². The molecule has 0 bridgehead atoms. The molecule has 0 unspecified atom stereocenters. The molecule has 0 spiro atoms. The van der Waals surface area contributed by atoms with Gasteiger partial charge < -0.3 is 5.11 Å². The van der Waals surface area contributed by atoms with Crippen LogP contribution in [0.15, 0.2) is 18.2 Å². The van der Waals surface area contributed by atoms with Crippen LogP contribution in [0, 0.1) is 6.92 Å². The van der Waals surface area contributed by atoms with Crippen molar-refractivity contribution < 1.29 is 9.90 Å². The SMILES string of the molecule is Cc1cc(-c2ccc(Cl)s2)nc(C(=O)O)n1. The third-order valence-corrected chi connectivity index (χ3v) is 3.12. The minimum absolute atomic E-state index is 0.195. The molecule has 1 N–H and O–H groups in total. The number of thiophene rings is 1. The molecular weight excluding hydrogens is 248 g/mol. The monoisotopic (exact) mass is 254 g/mol. The Morgan fingerprint density at radius 1 is 1.44 bits per heavy atom. The van der Waals surface area contributed by atoms with Crippen LogP contribution < -0.4 is 0 Å². The normalized spacial score (nSPS) is 10.4. The van der Waals surface area contributed by atoms with Gasteiger partial charge in [-0.3, -0.25) is 0 Å². The standard InChI is InChI=1S/C10H7ClN2O2S/c1-5-4-6(7-2-3-8(11)16-7)13-9(12-5)10(14)15/h2-4H,1H3,(H,14,15). The average molecular weight is 255 g/mol. The van der Waals surface area contributed by atoms with E-state index in [1.54, 1.807) is 25.1 Å². The summed E-state index contributed by atoms with van der Waals surface area (Å²) in [6, 6.07) is 5.29. The number of rotatable bonds is 2. The van der Waals surface area contributed by atoms with E-state index in [9.17, 15) is 4.79 Å². The van der Waals surface area contributed by atoms with Gasteiger partial charge in [0, 0.05) is 5.69 Å². The van der Waals surface area contributed by atoms with Crippen molar-refractivity contribution in [1.82, 2.24) is 9.97 Å². The van der Waals surface area contributed by atoms with Crippen molar-refractivity contribution in [2.45, 2.75) is 6.92 Å². The zero-order valence-corrected chi connectivity index (χ0v) is 9.84. The molecular formula is C10H7ClN2O2S. The van der Waals surface area contributed by atoms with E-state index in [0.717, 1.165) is 4.88 Å². The molecule has 0 fully saturated rings. The lowest BCUT2D eigenvalue weighted by atomic mass is 10.3. The summed E-state index contributed by atoms with van der Waals surface area (Å²) in [6.07, 6.45) is 0. The lowest BCUT2D eigenvalue weighted by Crippen LogP contribution is -2.05. The Morgan fingerprint density at radius 3 is 2.75 bits per heavy atom. The van der Waals surface area contributed by atoms with Crippen molar-refractivity contribution in [2.75, 3.05) is 0 Å². The van der Waals surface area contributed by atoms with Crippen molar-refractivity contribution in [3.63, 3.8) is 0 Å². The van der Waals surface area contributed by atoms with E-state index in [1.165, 1.54) is 11.3 Å². The zero-order chi connectivity index (χ0) is 11.7. The molecule has 6 heteroatoms. The van der Waals surface area contributed by atoms with Gasteiger partial charge >= 0.3 is 5.97 Å². The van der Waals surface area contributed by atoms with E-state index in [-0.39, 0.29) is 5.82 Å². The van der Waals surface area contributed by atoms with Gasteiger partial charge in [-0.05, 0) is 25.1 Å². The van der Waals surface area contributed by atoms with Gasteiger partial charge in [0.15, 0.2) is 0 Å². The molecule has 82 valence electrons. The van der Waals surface area contributed by atoms with Crippen LogP contribution in [0.3, 0.4) is 0 Å². The van der Waals surface area contributed by atoms with Crippen LogP contribution in [0.5, 0.6) is 0 Å². The zero-order valence-electron chi connectivity index (χ0n) is 8.27. The first-order valence-electron chi connectivity index (χ1n) is 4.41. The second-order valence-corrected chi connectivity index (χ2v) is 4.84. The largest absolute Gasteiger partial charge is 0.475 e. The predicted octanol–water partition coefficient (Wildman–Crippen LogP) is 2.87. The number of halogens is 1. The van der Waals surface area contributed by atoms with Crippen molar-refractivity contribution in [2.24, 2.45) is 0 Å². The predicted molar refractivity (Wildman–Crippen MR) is 62.1 cm³/mol. The first kappa shape index (κ1) is 11.0. The molecule has 0 saturated heterocycles. The van der Waals surface area contributed by atoms with Crippen LogP contribution in [-0.4, -0.2) is 21.0 Å². The summed E-state index contributed by atoms with van der Waals surface area (Å²) >= 11 is 7.16. The Labute approximate surface area is 101 Å². The summed E-state index contributed by atoms with van der Waals surface area (Å²) < 4.78 is 0.642. The van der Waals surface area contributed by atoms with Gasteiger partial charge in [-0.15, -0.1) is 11.3 Å². The van der Waals surface area contributed by atoms with Gasteiger partial charge in [-0.1, -0.05) is 11.6 Å². The van der Waals surface area contributed by atoms with E-state index in [0.29, 0.717) is 15.7 Å². The van der Waals surface area contributed by atoms with Gasteiger partial charge in [0.05, 0.1) is 14.9 Å². The molecule has 0 aromatic carbocycles. The molecule has 2 aromatic heterocycles. The Bertz CT molecular complexity index is 554. The maximum absolute atomic E-state index is 10.8. The van der Waals surface area contributed by atoms with Crippen molar-refractivity contribution in [3.8, 4) is 10.6 Å². The van der Waals surface area contributed by atoms with Gasteiger partial charge in [0.25, 0.3) is 0 Å². The number of carbonyl (C=O) groups is 1. The molecule has 0 aliphatic heterocycles. The topological polar surface area (TPSA) is 63.1 Å². The first-order chi connectivity index (χ1) is 7.56. The summed E-state index contributed by atoms with van der Waals surface area (Å²) in [5, 5.41) is 8.84. The van der Waals surface area contributed by atoms with Crippen molar-refractivity contribution >= 4 is 28.9 Å². The number of carboxylic acids is 1. The molecule has 2 rings (SSSR count). The third kappa shape index (κ3) is 2.20. The summed E-state index contributed by atoms with van der Waals surface area (Å²) in [7, 11) is 0. The number of hydrogen-bond donors (Lipinski definition) is 1. The van der Waals surface area contributed by atoms with E-state index < -0.39 is 5.97 Å². The number of aromatic nitrogens is 2. The molecule has 0 atom stereocenters. The van der Waals surface area contributed by atoms with E-state index >= 15 is 0 Å². The smallest absolute Gasteiger partial charge is 0.373 e. The second-order valence-electron chi connectivity index (χ2n) is 3.13. The van der Waals surface area contributed by atoms with E-state index in [4.69, 9.17) is 16.7 Å². The quantitative estimate of drug-likeness (QED) is 0.895. The molecule has 0 aliphatic carbocycles. The average Bonchev–Trinajstić information content (AvgIpc) is 2.64. The van der Waals surface area contributed by atoms with Crippen LogP contribution in [0.4, 0.5) is 0 Å². The second kappa shape index (κ2) is 4.19. The Balaban J connectivity index is 2.53. The molecule has 2 aromatic rings. The molecule has 0 radical (unpaired) electrons. The molecule has 16 heavy (non-hydrogen) atoms. The number of carboxylic acid groups (broad SMARTS) is 1. The van der Waals surface area contributed by atoms with Gasteiger partial charge in [0.1, 0.15) is 0 Å². The highest BCUT2D eigenvalue weighted by atomic mass is 35.5. The lowest BCUT2D eigenvalue weighted by molar-refractivity contribution is 0.0683. The summed E-state index contributed by atoms with van der Waals surface area (Å²) in [5.74, 6) is -1.33. The lowest BCUT2D eigenvalue weighted by Gasteiger charge is -2.00. The van der Waals surface area contributed by atoms with Crippen molar-refractivity contribution in [3.05, 3.63) is 34.1 Å². The number of hydrogen-bond acceptors (Lipinski definition) is 4. The van der Waals surface area contributed by atoms with Crippen molar-refractivity contribution in [1.29, 1.82) is 0 Å². The Hall–Kier alpha value is -1.46. The molecule has 0 saturated carbocycles. The first-order valence-corrected chi connectivity index (χ1v) is 5.60. The molecule has 0 aliphatic rings. The van der Waals surface area contributed by atoms with E-state index in [1.807, 2.05) is 0 Å². The molecule has 2 heterocycles. The fraction of sp³-hybridized carbons (Fsp3) is 0.100. The van der Waals surface area contributed by atoms with Crippen LogP contribution in [-0.2, 0) is 0 Å². The summed E-state index contributed by atoms with van der Waals surface area (Å²) in [4.78, 5) is 19.4. The van der Waals surface area contributed by atoms with Crippen LogP contribution in [0.25, 0.3) is 10.6 Å². The fourth-order valence-corrected chi connectivity index (χ4v) is 2.25. The molecule has 0 amide bonds. The van der Waals surface area contributed by atoms with Crippen LogP contribution in [0.1, 0.15) is 16.3 Å². The Kier molecular flexibility index (Phi) is 2.89. The Morgan fingerprint density at radius 2 is 2.19 bits per heavy atom. The third-order valence-electron chi connectivity index (χ3n) is 1.87. The summed E-state index contributed by atoms with van der Waals surface area (Å²) in [5.41, 5.74) is 1.20. The number of aryl methyl sites for hydroxylation is 1. The van der Waals surface area contributed by atoms with Gasteiger partial charge in [0.2, 0.25) is 5.82 Å². The minimum atomic E-state index is -1.13. The van der Waals surface area contributed by atoms with Crippen LogP contribution in [0.2, 0.25) is 4.34 Å². The maximum atomic E-state index is 10.8. The summed E-state index contributed by atoms with van der Waals surface area (Å²) in [6.45, 7) is 1.73. The van der Waals surface area contributed by atoms with Gasteiger partial charge in [-0.2, -0.15) is 0 Å². The fourth-order valence-electron chi connectivity index (χ4n) is 1.24.